The van der Waals surface area contributed by atoms with Crippen LogP contribution in [0, 0.1) is 0 Å². The first-order valence-electron chi connectivity index (χ1n) is 3.04. The van der Waals surface area contributed by atoms with Crippen LogP contribution in [0.25, 0.3) is 0 Å². The summed E-state index contributed by atoms with van der Waals surface area (Å²) in [4.78, 5) is 10.3. The smallest absolute Gasteiger partial charge is 0.307 e. The highest BCUT2D eigenvalue weighted by Crippen LogP contribution is 2.00. The van der Waals surface area contributed by atoms with Crippen LogP contribution in [-0.4, -0.2) is 5.97 Å². The van der Waals surface area contributed by atoms with E-state index in [2.05, 4.69) is 6.58 Å². The van der Waals surface area contributed by atoms with Gasteiger partial charge >= 0.3 is 5.97 Å². The predicted octanol–water partition coefficient (Wildman–Crippen LogP) is 2.03. The summed E-state index contributed by atoms with van der Waals surface area (Å²) in [6.07, 6.45) is 1.71. The molecule has 0 saturated heterocycles. The first-order chi connectivity index (χ1) is 4.52. The standard InChI is InChI=1S/C8H12O2/c1-6(2)5-7(3)10-8(4)9/h5H,1H2,2-4H3/b7-5-. The van der Waals surface area contributed by atoms with Crippen LogP contribution in [0.5, 0.6) is 0 Å². The zero-order valence-corrected chi connectivity index (χ0v) is 6.60. The molecule has 0 aliphatic heterocycles. The Bertz CT molecular complexity index is 178. The lowest BCUT2D eigenvalue weighted by Gasteiger charge is -1.98. The number of rotatable bonds is 2. The molecule has 0 bridgehead atoms. The molecule has 0 radical (unpaired) electrons. The van der Waals surface area contributed by atoms with E-state index >= 15 is 0 Å². The first-order valence-corrected chi connectivity index (χ1v) is 3.04. The van der Waals surface area contributed by atoms with Crippen molar-refractivity contribution in [2.45, 2.75) is 20.8 Å². The lowest BCUT2D eigenvalue weighted by atomic mass is 10.3. The van der Waals surface area contributed by atoms with Gasteiger partial charge in [0.2, 0.25) is 0 Å². The van der Waals surface area contributed by atoms with Gasteiger partial charge in [0, 0.05) is 6.92 Å². The Morgan fingerprint density at radius 3 is 2.20 bits per heavy atom. The van der Waals surface area contributed by atoms with Crippen molar-refractivity contribution in [3.63, 3.8) is 0 Å². The monoisotopic (exact) mass is 140 g/mol. The van der Waals surface area contributed by atoms with Gasteiger partial charge in [-0.3, -0.25) is 4.79 Å². The fourth-order valence-corrected chi connectivity index (χ4v) is 0.603. The summed E-state index contributed by atoms with van der Waals surface area (Å²) < 4.78 is 4.72. The molecule has 0 spiro atoms. The SMILES string of the molecule is C=C(C)/C=C(/C)OC(C)=O. The van der Waals surface area contributed by atoms with Crippen molar-refractivity contribution in [2.24, 2.45) is 0 Å². The number of ether oxygens (including phenoxy) is 1. The first kappa shape index (κ1) is 8.95. The molecule has 0 aliphatic carbocycles. The van der Waals surface area contributed by atoms with Crippen LogP contribution in [0.4, 0.5) is 0 Å². The summed E-state index contributed by atoms with van der Waals surface area (Å²) in [5, 5.41) is 0. The Morgan fingerprint density at radius 2 is 1.90 bits per heavy atom. The molecule has 0 heterocycles. The van der Waals surface area contributed by atoms with Gasteiger partial charge in [-0.25, -0.2) is 0 Å². The Morgan fingerprint density at radius 1 is 1.40 bits per heavy atom. The summed E-state index contributed by atoms with van der Waals surface area (Å²) >= 11 is 0. The fourth-order valence-electron chi connectivity index (χ4n) is 0.603. The summed E-state index contributed by atoms with van der Waals surface area (Å²) in [6, 6.07) is 0. The van der Waals surface area contributed by atoms with E-state index in [1.165, 1.54) is 6.92 Å². The number of allylic oxidation sites excluding steroid dienone is 3. The number of carbonyl (C=O) groups excluding carboxylic acids is 1. The van der Waals surface area contributed by atoms with Crippen molar-refractivity contribution in [2.75, 3.05) is 0 Å². The van der Waals surface area contributed by atoms with Crippen LogP contribution in [0.15, 0.2) is 24.0 Å². The maximum absolute atomic E-state index is 10.3. The zero-order valence-electron chi connectivity index (χ0n) is 6.60. The molecular formula is C8H12O2. The number of hydrogen-bond donors (Lipinski definition) is 0. The Labute approximate surface area is 61.2 Å². The van der Waals surface area contributed by atoms with E-state index in [0.717, 1.165) is 5.57 Å². The fraction of sp³-hybridized carbons (Fsp3) is 0.375. The lowest BCUT2D eigenvalue weighted by molar-refractivity contribution is -0.136. The minimum Gasteiger partial charge on any atom is -0.432 e. The van der Waals surface area contributed by atoms with Gasteiger partial charge in [0.25, 0.3) is 0 Å². The van der Waals surface area contributed by atoms with Crippen molar-refractivity contribution >= 4 is 5.97 Å². The third kappa shape index (κ3) is 5.09. The van der Waals surface area contributed by atoms with Crippen LogP contribution in [0.1, 0.15) is 20.8 Å². The van der Waals surface area contributed by atoms with E-state index in [0.29, 0.717) is 5.76 Å². The molecule has 10 heavy (non-hydrogen) atoms. The molecule has 0 N–H and O–H groups in total. The molecule has 0 aliphatic rings. The van der Waals surface area contributed by atoms with Gasteiger partial charge in [-0.05, 0) is 19.9 Å². The molecule has 0 aromatic carbocycles. The Kier molecular flexibility index (Phi) is 3.47. The van der Waals surface area contributed by atoms with Crippen LogP contribution in [-0.2, 0) is 9.53 Å². The van der Waals surface area contributed by atoms with Crippen molar-refractivity contribution in [3.8, 4) is 0 Å². The molecule has 0 fully saturated rings. The topological polar surface area (TPSA) is 26.3 Å². The molecule has 2 nitrogen and oxygen atoms in total. The van der Waals surface area contributed by atoms with Crippen LogP contribution < -0.4 is 0 Å². The third-order valence-electron chi connectivity index (χ3n) is 0.754. The number of esters is 1. The highest BCUT2D eigenvalue weighted by Gasteiger charge is 1.92. The number of hydrogen-bond acceptors (Lipinski definition) is 2. The normalized spacial score (nSPS) is 10.9. The van der Waals surface area contributed by atoms with Gasteiger partial charge < -0.3 is 4.74 Å². The molecule has 56 valence electrons. The minimum absolute atomic E-state index is 0.296. The van der Waals surface area contributed by atoms with Crippen LogP contribution >= 0.6 is 0 Å². The molecule has 0 saturated carbocycles. The van der Waals surface area contributed by atoms with Crippen molar-refractivity contribution in [1.29, 1.82) is 0 Å². The average Bonchev–Trinajstić information content (AvgIpc) is 1.58. The van der Waals surface area contributed by atoms with Gasteiger partial charge in [-0.15, -0.1) is 0 Å². The van der Waals surface area contributed by atoms with Crippen LogP contribution in [0.2, 0.25) is 0 Å². The maximum Gasteiger partial charge on any atom is 0.307 e. The second kappa shape index (κ2) is 3.88. The highest BCUT2D eigenvalue weighted by molar-refractivity contribution is 5.67. The summed E-state index contributed by atoms with van der Waals surface area (Å²) in [5.74, 6) is 0.287. The molecule has 0 aromatic rings. The van der Waals surface area contributed by atoms with E-state index in [1.54, 1.807) is 13.0 Å². The van der Waals surface area contributed by atoms with Crippen LogP contribution in [0.3, 0.4) is 0 Å². The van der Waals surface area contributed by atoms with E-state index in [1.807, 2.05) is 6.92 Å². The largest absolute Gasteiger partial charge is 0.432 e. The summed E-state index contributed by atoms with van der Waals surface area (Å²) in [7, 11) is 0. The summed E-state index contributed by atoms with van der Waals surface area (Å²) in [6.45, 7) is 8.56. The second-order valence-corrected chi connectivity index (χ2v) is 2.19. The van der Waals surface area contributed by atoms with Gasteiger partial charge in [0.05, 0.1) is 0 Å². The molecule has 2 heteroatoms. The van der Waals surface area contributed by atoms with Gasteiger partial charge in [-0.2, -0.15) is 0 Å². The number of carbonyl (C=O) groups is 1. The third-order valence-corrected chi connectivity index (χ3v) is 0.754. The van der Waals surface area contributed by atoms with Gasteiger partial charge in [0.15, 0.2) is 0 Å². The molecule has 0 atom stereocenters. The highest BCUT2D eigenvalue weighted by atomic mass is 16.5. The van der Waals surface area contributed by atoms with E-state index in [9.17, 15) is 4.79 Å². The molecule has 0 rings (SSSR count). The molecule has 0 unspecified atom stereocenters. The zero-order chi connectivity index (χ0) is 8.15. The second-order valence-electron chi connectivity index (χ2n) is 2.19. The van der Waals surface area contributed by atoms with E-state index < -0.39 is 0 Å². The van der Waals surface area contributed by atoms with Crippen molar-refractivity contribution in [3.05, 3.63) is 24.0 Å². The minimum atomic E-state index is -0.296. The average molecular weight is 140 g/mol. The van der Waals surface area contributed by atoms with Gasteiger partial charge in [0.1, 0.15) is 5.76 Å². The Hall–Kier alpha value is -1.05. The van der Waals surface area contributed by atoms with E-state index in [-0.39, 0.29) is 5.97 Å². The van der Waals surface area contributed by atoms with Crippen molar-refractivity contribution < 1.29 is 9.53 Å². The van der Waals surface area contributed by atoms with E-state index in [4.69, 9.17) is 4.74 Å². The quantitative estimate of drug-likeness (QED) is 0.333. The molecule has 0 amide bonds. The van der Waals surface area contributed by atoms with Crippen molar-refractivity contribution in [1.82, 2.24) is 0 Å². The maximum atomic E-state index is 10.3. The summed E-state index contributed by atoms with van der Waals surface area (Å²) in [5.41, 5.74) is 0.874. The molecular weight excluding hydrogens is 128 g/mol. The predicted molar refractivity (Wildman–Crippen MR) is 40.3 cm³/mol. The Balaban J connectivity index is 3.95. The molecule has 0 aromatic heterocycles. The lowest BCUT2D eigenvalue weighted by Crippen LogP contribution is -1.95. The van der Waals surface area contributed by atoms with Gasteiger partial charge in [-0.1, -0.05) is 12.2 Å².